The summed E-state index contributed by atoms with van der Waals surface area (Å²) in [6.45, 7) is 0. The monoisotopic (exact) mass is 385 g/mol. The quantitative estimate of drug-likeness (QED) is 0.433. The largest absolute Gasteiger partial charge is 0.548 e. The Hall–Kier alpha value is -3.07. The molecule has 0 radical (unpaired) electrons. The summed E-state index contributed by atoms with van der Waals surface area (Å²) in [7, 11) is 2.91. The van der Waals surface area contributed by atoms with Crippen LogP contribution in [0.1, 0.15) is 5.56 Å². The molecular weight excluding hydrogens is 368 g/mol. The minimum atomic E-state index is -1.38. The van der Waals surface area contributed by atoms with Crippen molar-refractivity contribution in [2.24, 2.45) is 10.9 Å². The number of nitrogens with zero attached hydrogens (tertiary/aromatic N) is 3. The zero-order chi connectivity index (χ0) is 19.7. The van der Waals surface area contributed by atoms with Gasteiger partial charge < -0.3 is 14.9 Å². The molecule has 1 saturated heterocycles. The van der Waals surface area contributed by atoms with Crippen LogP contribution >= 0.6 is 12.2 Å². The van der Waals surface area contributed by atoms with Crippen molar-refractivity contribution in [3.63, 3.8) is 0 Å². The maximum absolute atomic E-state index is 12.3. The molecule has 0 spiro atoms. The molecule has 1 aliphatic heterocycles. The van der Waals surface area contributed by atoms with E-state index in [1.807, 2.05) is 24.3 Å². The second kappa shape index (κ2) is 7.28. The SMILES string of the molecule is CN1C(=O)C(C=N[C@H](Cc2c[nH]c3ccccc23)C(=O)[O-])C(=O)N(C)C1=S. The van der Waals surface area contributed by atoms with Gasteiger partial charge in [-0.15, -0.1) is 0 Å². The van der Waals surface area contributed by atoms with Crippen LogP contribution in [0.5, 0.6) is 0 Å². The van der Waals surface area contributed by atoms with Crippen LogP contribution in [0.15, 0.2) is 35.5 Å². The van der Waals surface area contributed by atoms with E-state index in [0.717, 1.165) is 22.7 Å². The first-order chi connectivity index (χ1) is 12.8. The van der Waals surface area contributed by atoms with Crippen LogP contribution < -0.4 is 5.11 Å². The molecule has 9 heteroatoms. The summed E-state index contributed by atoms with van der Waals surface area (Å²) in [6, 6.07) is 6.24. The van der Waals surface area contributed by atoms with Crippen LogP contribution in [0.3, 0.4) is 0 Å². The van der Waals surface area contributed by atoms with Gasteiger partial charge in [-0.25, -0.2) is 0 Å². The number of aromatic amines is 1. The van der Waals surface area contributed by atoms with Gasteiger partial charge in [-0.1, -0.05) is 18.2 Å². The van der Waals surface area contributed by atoms with Crippen molar-refractivity contribution in [1.29, 1.82) is 0 Å². The van der Waals surface area contributed by atoms with Crippen molar-refractivity contribution in [2.75, 3.05) is 14.1 Å². The lowest BCUT2D eigenvalue weighted by Gasteiger charge is -2.34. The van der Waals surface area contributed by atoms with Crippen LogP contribution in [0, 0.1) is 5.92 Å². The molecule has 140 valence electrons. The number of carboxylic acids is 1. The number of aromatic nitrogens is 1. The Morgan fingerprint density at radius 2 is 1.93 bits per heavy atom. The summed E-state index contributed by atoms with van der Waals surface area (Å²) in [5, 5.41) is 12.5. The standard InChI is InChI=1S/C18H18N4O4S/c1-21-15(23)12(16(24)22(2)18(21)27)9-20-14(17(25)26)7-10-8-19-13-6-4-3-5-11(10)13/h3-6,8-9,12,14,19H,7H2,1-2H3,(H,25,26)/p-1/t14-/m1/s1. The average molecular weight is 385 g/mol. The van der Waals surface area contributed by atoms with E-state index < -0.39 is 29.7 Å². The third-order valence-electron chi connectivity index (χ3n) is 4.54. The molecule has 0 unspecified atom stereocenters. The molecule has 8 nitrogen and oxygen atoms in total. The van der Waals surface area contributed by atoms with Crippen molar-refractivity contribution in [1.82, 2.24) is 14.8 Å². The number of fused-ring (bicyclic) bond motifs is 1. The van der Waals surface area contributed by atoms with E-state index in [1.165, 1.54) is 23.9 Å². The van der Waals surface area contributed by atoms with Crippen molar-refractivity contribution in [2.45, 2.75) is 12.5 Å². The van der Waals surface area contributed by atoms with Gasteiger partial charge in [0, 0.05) is 43.8 Å². The molecule has 0 saturated carbocycles. The summed E-state index contributed by atoms with van der Waals surface area (Å²) >= 11 is 5.02. The molecule has 3 rings (SSSR count). The number of hydrogen-bond donors (Lipinski definition) is 1. The number of nitrogens with one attached hydrogen (secondary N) is 1. The van der Waals surface area contributed by atoms with E-state index >= 15 is 0 Å². The number of para-hydroxylation sites is 1. The molecule has 0 aliphatic carbocycles. The predicted molar refractivity (Wildman–Crippen MR) is 101 cm³/mol. The highest BCUT2D eigenvalue weighted by Gasteiger charge is 2.39. The van der Waals surface area contributed by atoms with E-state index in [2.05, 4.69) is 9.98 Å². The van der Waals surface area contributed by atoms with Crippen LogP contribution in [0.2, 0.25) is 0 Å². The average Bonchev–Trinajstić information content (AvgIpc) is 3.06. The second-order valence-corrected chi connectivity index (χ2v) is 6.62. The highest BCUT2D eigenvalue weighted by molar-refractivity contribution is 7.80. The van der Waals surface area contributed by atoms with Crippen LogP contribution in [0.25, 0.3) is 10.9 Å². The van der Waals surface area contributed by atoms with Crippen molar-refractivity contribution in [3.05, 3.63) is 36.0 Å². The number of rotatable bonds is 5. The molecule has 2 heterocycles. The van der Waals surface area contributed by atoms with Gasteiger partial charge in [0.25, 0.3) is 0 Å². The number of aliphatic carboxylic acids is 1. The lowest BCUT2D eigenvalue weighted by Crippen LogP contribution is -2.57. The van der Waals surface area contributed by atoms with E-state index in [1.54, 1.807) is 6.20 Å². The fourth-order valence-electron chi connectivity index (χ4n) is 2.96. The van der Waals surface area contributed by atoms with E-state index in [0.29, 0.717) is 0 Å². The van der Waals surface area contributed by atoms with Crippen molar-refractivity contribution in [3.8, 4) is 0 Å². The third kappa shape index (κ3) is 3.45. The van der Waals surface area contributed by atoms with Gasteiger partial charge in [-0.3, -0.25) is 24.4 Å². The third-order valence-corrected chi connectivity index (χ3v) is 5.09. The normalized spacial score (nSPS) is 17.3. The molecule has 1 aromatic heterocycles. The molecule has 1 atom stereocenters. The zero-order valence-corrected chi connectivity index (χ0v) is 15.5. The molecule has 0 bridgehead atoms. The van der Waals surface area contributed by atoms with Gasteiger partial charge in [0.15, 0.2) is 11.0 Å². The number of carboxylic acid groups (broad SMARTS) is 1. The Morgan fingerprint density at radius 1 is 1.30 bits per heavy atom. The molecule has 27 heavy (non-hydrogen) atoms. The molecule has 1 N–H and O–H groups in total. The number of hydrogen-bond acceptors (Lipinski definition) is 6. The summed E-state index contributed by atoms with van der Waals surface area (Å²) in [4.78, 5) is 45.5. The van der Waals surface area contributed by atoms with E-state index in [-0.39, 0.29) is 11.5 Å². The smallest absolute Gasteiger partial charge is 0.246 e. The first-order valence-corrected chi connectivity index (χ1v) is 8.60. The highest BCUT2D eigenvalue weighted by atomic mass is 32.1. The Balaban J connectivity index is 1.84. The summed E-state index contributed by atoms with van der Waals surface area (Å²) < 4.78 is 0. The summed E-state index contributed by atoms with van der Waals surface area (Å²) in [5.41, 5.74) is 1.64. The molecule has 1 aromatic carbocycles. The molecule has 2 aromatic rings. The van der Waals surface area contributed by atoms with Crippen molar-refractivity contribution >= 4 is 52.2 Å². The Labute approximate surface area is 160 Å². The number of benzene rings is 1. The zero-order valence-electron chi connectivity index (χ0n) is 14.7. The number of aliphatic imine (C=N–C) groups is 1. The number of amides is 2. The molecular formula is C18H17N4O4S-. The van der Waals surface area contributed by atoms with Crippen molar-refractivity contribution < 1.29 is 19.5 Å². The van der Waals surface area contributed by atoms with Gasteiger partial charge in [-0.05, 0) is 23.8 Å². The van der Waals surface area contributed by atoms with Gasteiger partial charge >= 0.3 is 0 Å². The number of H-pyrrole nitrogens is 1. The number of carbonyl (C=O) groups excluding carboxylic acids is 3. The van der Waals surface area contributed by atoms with E-state index in [9.17, 15) is 19.5 Å². The molecule has 2 amide bonds. The Bertz CT molecular complexity index is 943. The van der Waals surface area contributed by atoms with Gasteiger partial charge in [0.2, 0.25) is 11.8 Å². The summed E-state index contributed by atoms with van der Waals surface area (Å²) in [5.74, 6) is -3.69. The van der Waals surface area contributed by atoms with Gasteiger partial charge in [-0.2, -0.15) is 0 Å². The predicted octanol–water partition coefficient (Wildman–Crippen LogP) is -0.269. The lowest BCUT2D eigenvalue weighted by atomic mass is 10.0. The van der Waals surface area contributed by atoms with E-state index in [4.69, 9.17) is 12.2 Å². The Morgan fingerprint density at radius 3 is 2.56 bits per heavy atom. The second-order valence-electron chi connectivity index (χ2n) is 6.25. The maximum Gasteiger partial charge on any atom is 0.246 e. The minimum Gasteiger partial charge on any atom is -0.548 e. The first-order valence-electron chi connectivity index (χ1n) is 8.19. The van der Waals surface area contributed by atoms with Gasteiger partial charge in [0.1, 0.15) is 0 Å². The topological polar surface area (TPSA) is 109 Å². The van der Waals surface area contributed by atoms with Gasteiger partial charge in [0.05, 0.1) is 12.0 Å². The maximum atomic E-state index is 12.3. The lowest BCUT2D eigenvalue weighted by molar-refractivity contribution is -0.307. The Kier molecular flexibility index (Phi) is 5.04. The molecule has 1 aliphatic rings. The summed E-state index contributed by atoms with van der Waals surface area (Å²) in [6.07, 6.45) is 2.86. The number of carbonyl (C=O) groups is 3. The fourth-order valence-corrected chi connectivity index (χ4v) is 3.14. The van der Waals surface area contributed by atoms with Crippen LogP contribution in [-0.4, -0.2) is 64.0 Å². The first kappa shape index (κ1) is 18.7. The van der Waals surface area contributed by atoms with Crippen LogP contribution in [-0.2, 0) is 20.8 Å². The molecule has 1 fully saturated rings. The van der Waals surface area contributed by atoms with Crippen LogP contribution in [0.4, 0.5) is 0 Å². The number of thiocarbonyl (C=S) groups is 1. The minimum absolute atomic E-state index is 0.0715. The highest BCUT2D eigenvalue weighted by Crippen LogP contribution is 2.20. The fraction of sp³-hybridized carbons (Fsp3) is 0.278.